The zero-order valence-electron chi connectivity index (χ0n) is 15.4. The summed E-state index contributed by atoms with van der Waals surface area (Å²) in [5.41, 5.74) is 3.88. The van der Waals surface area contributed by atoms with Crippen LogP contribution in [0.2, 0.25) is 0 Å². The molecule has 0 N–H and O–H groups in total. The molecular weight excluding hydrogens is 352 g/mol. The van der Waals surface area contributed by atoms with E-state index in [0.717, 1.165) is 24.1 Å². The van der Waals surface area contributed by atoms with E-state index in [1.807, 2.05) is 24.3 Å². The first-order valence-electron chi connectivity index (χ1n) is 8.94. The van der Waals surface area contributed by atoms with Crippen molar-refractivity contribution in [1.29, 1.82) is 5.26 Å². The van der Waals surface area contributed by atoms with Crippen molar-refractivity contribution in [2.45, 2.75) is 6.42 Å². The molecule has 0 saturated heterocycles. The molecule has 3 heterocycles. The van der Waals surface area contributed by atoms with E-state index < -0.39 is 0 Å². The maximum atomic E-state index is 12.5. The largest absolute Gasteiger partial charge is 0.338 e. The minimum absolute atomic E-state index is 0.131. The van der Waals surface area contributed by atoms with E-state index >= 15 is 0 Å². The Hall–Kier alpha value is -3.79. The van der Waals surface area contributed by atoms with E-state index in [-0.39, 0.29) is 5.56 Å². The van der Waals surface area contributed by atoms with E-state index in [9.17, 15) is 4.79 Å². The fraction of sp³-hybridized carbons (Fsp3) is 0.190. The molecule has 1 aliphatic heterocycles. The standard InChI is InChI=1S/C21H18N6O/c1-26-20(28)11-19(18-8-9-23-14-24-18)25-21(26)27-10-2-3-17(13-27)16-6-4-15(12-22)5-7-16/h3-9,11,14H,2,10,13H2,1H3. The van der Waals surface area contributed by atoms with Crippen molar-refractivity contribution in [3.05, 3.63) is 76.5 Å². The van der Waals surface area contributed by atoms with E-state index in [4.69, 9.17) is 10.2 Å². The van der Waals surface area contributed by atoms with Crippen molar-refractivity contribution < 1.29 is 0 Å². The van der Waals surface area contributed by atoms with Crippen LogP contribution >= 0.6 is 0 Å². The molecule has 0 fully saturated rings. The normalized spacial score (nSPS) is 13.7. The highest BCUT2D eigenvalue weighted by molar-refractivity contribution is 5.71. The average molecular weight is 370 g/mol. The van der Waals surface area contributed by atoms with Gasteiger partial charge in [-0.3, -0.25) is 9.36 Å². The number of anilines is 1. The summed E-state index contributed by atoms with van der Waals surface area (Å²) in [5.74, 6) is 0.611. The van der Waals surface area contributed by atoms with Gasteiger partial charge in [-0.15, -0.1) is 0 Å². The fourth-order valence-corrected chi connectivity index (χ4v) is 3.27. The van der Waals surface area contributed by atoms with Gasteiger partial charge in [0.05, 0.1) is 23.0 Å². The van der Waals surface area contributed by atoms with Gasteiger partial charge in [0.2, 0.25) is 5.95 Å². The van der Waals surface area contributed by atoms with E-state index in [1.165, 1.54) is 12.4 Å². The van der Waals surface area contributed by atoms with Crippen molar-refractivity contribution in [2.75, 3.05) is 18.0 Å². The molecular formula is C21H18N6O. The molecule has 0 saturated carbocycles. The van der Waals surface area contributed by atoms with E-state index in [2.05, 4.69) is 27.0 Å². The molecule has 0 atom stereocenters. The van der Waals surface area contributed by atoms with Crippen molar-refractivity contribution in [3.63, 3.8) is 0 Å². The molecule has 0 bridgehead atoms. The van der Waals surface area contributed by atoms with Crippen molar-refractivity contribution in [3.8, 4) is 17.5 Å². The second kappa shape index (κ2) is 7.45. The van der Waals surface area contributed by atoms with Gasteiger partial charge in [-0.25, -0.2) is 15.0 Å². The summed E-state index contributed by atoms with van der Waals surface area (Å²) in [5, 5.41) is 8.98. The molecule has 0 spiro atoms. The first-order valence-corrected chi connectivity index (χ1v) is 8.94. The molecule has 2 aromatic heterocycles. The summed E-state index contributed by atoms with van der Waals surface area (Å²) in [6, 6.07) is 12.9. The maximum Gasteiger partial charge on any atom is 0.255 e. The average Bonchev–Trinajstić information content (AvgIpc) is 2.76. The Morgan fingerprint density at radius 1 is 1.14 bits per heavy atom. The second-order valence-corrected chi connectivity index (χ2v) is 6.56. The van der Waals surface area contributed by atoms with Gasteiger partial charge < -0.3 is 4.90 Å². The quantitative estimate of drug-likeness (QED) is 0.703. The lowest BCUT2D eigenvalue weighted by molar-refractivity contribution is 0.726. The lowest BCUT2D eigenvalue weighted by atomic mass is 10.0. The molecule has 7 heteroatoms. The van der Waals surface area contributed by atoms with Crippen LogP contribution in [0.4, 0.5) is 5.95 Å². The van der Waals surface area contributed by atoms with Gasteiger partial charge in [0.15, 0.2) is 0 Å². The molecule has 0 radical (unpaired) electrons. The van der Waals surface area contributed by atoms with Crippen LogP contribution in [0.15, 0.2) is 59.8 Å². The third-order valence-corrected chi connectivity index (χ3v) is 4.77. The summed E-state index contributed by atoms with van der Waals surface area (Å²) >= 11 is 0. The molecule has 7 nitrogen and oxygen atoms in total. The molecule has 0 aliphatic carbocycles. The Balaban J connectivity index is 1.67. The third-order valence-electron chi connectivity index (χ3n) is 4.77. The van der Waals surface area contributed by atoms with Crippen LogP contribution in [0.3, 0.4) is 0 Å². The summed E-state index contributed by atoms with van der Waals surface area (Å²) in [4.78, 5) is 27.4. The Kier molecular flexibility index (Phi) is 4.68. The Bertz CT molecular complexity index is 1130. The van der Waals surface area contributed by atoms with Crippen LogP contribution in [0.1, 0.15) is 17.5 Å². The van der Waals surface area contributed by atoms with Gasteiger partial charge in [0.1, 0.15) is 6.33 Å². The Morgan fingerprint density at radius 2 is 1.96 bits per heavy atom. The van der Waals surface area contributed by atoms with Gasteiger partial charge in [0, 0.05) is 32.4 Å². The summed E-state index contributed by atoms with van der Waals surface area (Å²) in [6.07, 6.45) is 6.13. The zero-order chi connectivity index (χ0) is 19.5. The fourth-order valence-electron chi connectivity index (χ4n) is 3.27. The highest BCUT2D eigenvalue weighted by atomic mass is 16.1. The Morgan fingerprint density at radius 3 is 2.68 bits per heavy atom. The minimum atomic E-state index is -0.131. The van der Waals surface area contributed by atoms with Crippen LogP contribution < -0.4 is 10.5 Å². The first kappa shape index (κ1) is 17.6. The Labute approximate surface area is 162 Å². The molecule has 28 heavy (non-hydrogen) atoms. The highest BCUT2D eigenvalue weighted by Crippen LogP contribution is 2.25. The van der Waals surface area contributed by atoms with Gasteiger partial charge in [-0.1, -0.05) is 18.2 Å². The van der Waals surface area contributed by atoms with E-state index in [0.29, 0.717) is 29.4 Å². The molecule has 138 valence electrons. The first-order chi connectivity index (χ1) is 13.7. The highest BCUT2D eigenvalue weighted by Gasteiger charge is 2.19. The second-order valence-electron chi connectivity index (χ2n) is 6.56. The number of hydrogen-bond acceptors (Lipinski definition) is 6. The van der Waals surface area contributed by atoms with Crippen LogP contribution in [0.25, 0.3) is 17.0 Å². The maximum absolute atomic E-state index is 12.5. The van der Waals surface area contributed by atoms with Gasteiger partial charge in [-0.05, 0) is 35.8 Å². The molecule has 3 aromatic rings. The number of benzene rings is 1. The lowest BCUT2D eigenvalue weighted by Crippen LogP contribution is -2.35. The predicted molar refractivity (Wildman–Crippen MR) is 106 cm³/mol. The lowest BCUT2D eigenvalue weighted by Gasteiger charge is -2.29. The molecule has 1 aliphatic rings. The van der Waals surface area contributed by atoms with Crippen molar-refractivity contribution in [1.82, 2.24) is 19.5 Å². The summed E-state index contributed by atoms with van der Waals surface area (Å²) < 4.78 is 1.56. The number of aromatic nitrogens is 4. The molecule has 0 unspecified atom stereocenters. The SMILES string of the molecule is Cn1c(N2CCC=C(c3ccc(C#N)cc3)C2)nc(-c2ccncn2)cc1=O. The molecule has 1 aromatic carbocycles. The topological polar surface area (TPSA) is 87.7 Å². The molecule has 4 rings (SSSR count). The summed E-state index contributed by atoms with van der Waals surface area (Å²) in [7, 11) is 1.73. The van der Waals surface area contributed by atoms with E-state index in [1.54, 1.807) is 23.9 Å². The predicted octanol–water partition coefficient (Wildman–Crippen LogP) is 2.40. The molecule has 0 amide bonds. The minimum Gasteiger partial charge on any atom is -0.338 e. The van der Waals surface area contributed by atoms with Crippen LogP contribution in [0.5, 0.6) is 0 Å². The van der Waals surface area contributed by atoms with Crippen LogP contribution in [-0.2, 0) is 7.05 Å². The number of rotatable bonds is 3. The smallest absolute Gasteiger partial charge is 0.255 e. The van der Waals surface area contributed by atoms with Gasteiger partial charge in [-0.2, -0.15) is 5.26 Å². The monoisotopic (exact) mass is 370 g/mol. The van der Waals surface area contributed by atoms with Crippen molar-refractivity contribution in [2.24, 2.45) is 7.05 Å². The number of nitriles is 1. The van der Waals surface area contributed by atoms with Crippen molar-refractivity contribution >= 4 is 11.5 Å². The van der Waals surface area contributed by atoms with Gasteiger partial charge >= 0.3 is 0 Å². The van der Waals surface area contributed by atoms with Crippen LogP contribution in [0, 0.1) is 11.3 Å². The number of hydrogen-bond donors (Lipinski definition) is 0. The number of nitrogens with zero attached hydrogens (tertiary/aromatic N) is 6. The zero-order valence-corrected chi connectivity index (χ0v) is 15.4. The van der Waals surface area contributed by atoms with Gasteiger partial charge in [0.25, 0.3) is 5.56 Å². The summed E-state index contributed by atoms with van der Waals surface area (Å²) in [6.45, 7) is 1.41. The third kappa shape index (κ3) is 3.40. The van der Waals surface area contributed by atoms with Crippen LogP contribution in [-0.4, -0.2) is 32.6 Å².